The van der Waals surface area contributed by atoms with Crippen LogP contribution in [-0.4, -0.2) is 28.8 Å². The number of carbonyl (C=O) groups excluding carboxylic acids is 1. The molecule has 1 amide bonds. The number of primary amides is 1. The number of nitrogens with two attached hydrogens (primary N) is 1. The highest BCUT2D eigenvalue weighted by molar-refractivity contribution is 5.81. The van der Waals surface area contributed by atoms with Crippen LogP contribution in [0.3, 0.4) is 0 Å². The molecule has 0 radical (unpaired) electrons. The summed E-state index contributed by atoms with van der Waals surface area (Å²) in [5.41, 5.74) is 7.17. The first-order valence-electron chi connectivity index (χ1n) is 7.94. The van der Waals surface area contributed by atoms with Crippen molar-refractivity contribution in [3.63, 3.8) is 0 Å². The lowest BCUT2D eigenvalue weighted by Gasteiger charge is -2.22. The van der Waals surface area contributed by atoms with Gasteiger partial charge in [0.1, 0.15) is 18.0 Å². The summed E-state index contributed by atoms with van der Waals surface area (Å²) in [5, 5.41) is 7.38. The van der Waals surface area contributed by atoms with Crippen molar-refractivity contribution < 1.29 is 13.9 Å². The Kier molecular flexibility index (Phi) is 4.92. The molecule has 0 aliphatic carbocycles. The standard InChI is InChI=1S/C17H21FN4O2/c1-22-14(6-8-21-22)16-12(7-9-24-16)10-20-15(17(19)23)11-2-4-13(18)5-3-11/h2-6,8,12,15-16,20H,7,9-10H2,1H3,(H2,19,23)/t12-,15+,16+/m0/s1. The molecule has 7 heteroatoms. The lowest BCUT2D eigenvalue weighted by molar-refractivity contribution is -0.120. The van der Waals surface area contributed by atoms with Crippen LogP contribution in [0.25, 0.3) is 0 Å². The number of nitrogens with zero attached hydrogens (tertiary/aromatic N) is 2. The summed E-state index contributed by atoms with van der Waals surface area (Å²) in [7, 11) is 1.88. The van der Waals surface area contributed by atoms with Crippen molar-refractivity contribution in [1.82, 2.24) is 15.1 Å². The average Bonchev–Trinajstić information content (AvgIpc) is 3.17. The molecule has 3 atom stereocenters. The minimum absolute atomic E-state index is 0.0632. The molecular weight excluding hydrogens is 311 g/mol. The molecule has 0 bridgehead atoms. The van der Waals surface area contributed by atoms with E-state index >= 15 is 0 Å². The largest absolute Gasteiger partial charge is 0.372 e. The molecule has 0 saturated carbocycles. The van der Waals surface area contributed by atoms with E-state index < -0.39 is 11.9 Å². The van der Waals surface area contributed by atoms with Crippen molar-refractivity contribution in [2.75, 3.05) is 13.2 Å². The summed E-state index contributed by atoms with van der Waals surface area (Å²) >= 11 is 0. The van der Waals surface area contributed by atoms with Crippen molar-refractivity contribution in [1.29, 1.82) is 0 Å². The highest BCUT2D eigenvalue weighted by Crippen LogP contribution is 2.34. The van der Waals surface area contributed by atoms with Gasteiger partial charge in [0.15, 0.2) is 0 Å². The third-order valence-corrected chi connectivity index (χ3v) is 4.44. The number of nitrogens with one attached hydrogen (secondary N) is 1. The predicted molar refractivity (Wildman–Crippen MR) is 86.3 cm³/mol. The van der Waals surface area contributed by atoms with Gasteiger partial charge in [0.25, 0.3) is 0 Å². The Morgan fingerprint density at radius 2 is 2.21 bits per heavy atom. The molecule has 0 unspecified atom stereocenters. The lowest BCUT2D eigenvalue weighted by atomic mass is 9.97. The maximum Gasteiger partial charge on any atom is 0.239 e. The van der Waals surface area contributed by atoms with E-state index in [1.165, 1.54) is 12.1 Å². The Morgan fingerprint density at radius 1 is 1.46 bits per heavy atom. The van der Waals surface area contributed by atoms with Gasteiger partial charge in [-0.1, -0.05) is 12.1 Å². The van der Waals surface area contributed by atoms with Crippen LogP contribution in [-0.2, 0) is 16.6 Å². The Labute approximate surface area is 139 Å². The van der Waals surface area contributed by atoms with Gasteiger partial charge in [-0.25, -0.2) is 4.39 Å². The van der Waals surface area contributed by atoms with Crippen molar-refractivity contribution in [3.05, 3.63) is 53.6 Å². The Hall–Kier alpha value is -2.25. The van der Waals surface area contributed by atoms with Crippen LogP contribution in [0.2, 0.25) is 0 Å². The molecule has 1 fully saturated rings. The summed E-state index contributed by atoms with van der Waals surface area (Å²) < 4.78 is 20.7. The minimum atomic E-state index is -0.654. The molecule has 128 valence electrons. The van der Waals surface area contributed by atoms with Crippen LogP contribution in [0.5, 0.6) is 0 Å². The van der Waals surface area contributed by atoms with Crippen LogP contribution in [0, 0.1) is 11.7 Å². The smallest absolute Gasteiger partial charge is 0.239 e. The predicted octanol–water partition coefficient (Wildman–Crippen LogP) is 1.45. The highest BCUT2D eigenvalue weighted by atomic mass is 19.1. The number of amides is 1. The van der Waals surface area contributed by atoms with E-state index in [1.54, 1.807) is 23.0 Å². The SMILES string of the molecule is Cn1nccc1[C@@H]1OCC[C@H]1CN[C@@H](C(N)=O)c1ccc(F)cc1. The number of benzene rings is 1. The van der Waals surface area contributed by atoms with Crippen LogP contribution >= 0.6 is 0 Å². The van der Waals surface area contributed by atoms with Gasteiger partial charge in [-0.2, -0.15) is 5.10 Å². The number of aryl methyl sites for hydroxylation is 1. The van der Waals surface area contributed by atoms with Gasteiger partial charge >= 0.3 is 0 Å². The molecule has 2 heterocycles. The average molecular weight is 332 g/mol. The van der Waals surface area contributed by atoms with E-state index in [-0.39, 0.29) is 17.8 Å². The zero-order valence-electron chi connectivity index (χ0n) is 13.5. The van der Waals surface area contributed by atoms with Gasteiger partial charge in [0.05, 0.1) is 5.69 Å². The van der Waals surface area contributed by atoms with Crippen molar-refractivity contribution in [2.24, 2.45) is 18.7 Å². The number of aromatic nitrogens is 2. The molecule has 1 aromatic carbocycles. The number of hydrogen-bond donors (Lipinski definition) is 2. The van der Waals surface area contributed by atoms with E-state index in [2.05, 4.69) is 10.4 Å². The third kappa shape index (κ3) is 3.47. The van der Waals surface area contributed by atoms with Gasteiger partial charge in [0, 0.05) is 32.3 Å². The second-order valence-electron chi connectivity index (χ2n) is 6.02. The normalized spacial score (nSPS) is 21.8. The number of ether oxygens (including phenoxy) is 1. The molecular formula is C17H21FN4O2. The van der Waals surface area contributed by atoms with Gasteiger partial charge < -0.3 is 15.8 Å². The Bertz CT molecular complexity index is 701. The molecule has 3 rings (SSSR count). The summed E-state index contributed by atoms with van der Waals surface area (Å²) in [6.07, 6.45) is 2.57. The minimum Gasteiger partial charge on any atom is -0.372 e. The topological polar surface area (TPSA) is 82.2 Å². The fourth-order valence-corrected chi connectivity index (χ4v) is 3.14. The monoisotopic (exact) mass is 332 g/mol. The second-order valence-corrected chi connectivity index (χ2v) is 6.02. The molecule has 6 nitrogen and oxygen atoms in total. The van der Waals surface area contributed by atoms with Crippen LogP contribution in [0.4, 0.5) is 4.39 Å². The Balaban J connectivity index is 1.69. The maximum atomic E-state index is 13.1. The molecule has 0 spiro atoms. The van der Waals surface area contributed by atoms with Gasteiger partial charge in [-0.05, 0) is 30.2 Å². The van der Waals surface area contributed by atoms with Crippen molar-refractivity contribution in [2.45, 2.75) is 18.6 Å². The van der Waals surface area contributed by atoms with Crippen LogP contribution in [0.1, 0.15) is 29.8 Å². The quantitative estimate of drug-likeness (QED) is 0.839. The number of carbonyl (C=O) groups is 1. The molecule has 1 saturated heterocycles. The van der Waals surface area contributed by atoms with Crippen LogP contribution in [0.15, 0.2) is 36.5 Å². The zero-order chi connectivity index (χ0) is 17.1. The molecule has 2 aromatic rings. The zero-order valence-corrected chi connectivity index (χ0v) is 13.5. The van der Waals surface area contributed by atoms with Gasteiger partial charge in [-0.15, -0.1) is 0 Å². The van der Waals surface area contributed by atoms with Crippen molar-refractivity contribution in [3.8, 4) is 0 Å². The summed E-state index contributed by atoms with van der Waals surface area (Å²) in [5.74, 6) is -0.622. The van der Waals surface area contributed by atoms with E-state index in [0.29, 0.717) is 18.7 Å². The number of halogens is 1. The fraction of sp³-hybridized carbons (Fsp3) is 0.412. The van der Waals surface area contributed by atoms with E-state index in [9.17, 15) is 9.18 Å². The molecule has 1 aliphatic heterocycles. The number of rotatable bonds is 6. The fourth-order valence-electron chi connectivity index (χ4n) is 3.14. The summed E-state index contributed by atoms with van der Waals surface area (Å²) in [4.78, 5) is 11.8. The van der Waals surface area contributed by atoms with E-state index in [1.807, 2.05) is 13.1 Å². The Morgan fingerprint density at radius 3 is 2.83 bits per heavy atom. The summed E-state index contributed by atoms with van der Waals surface area (Å²) in [6.45, 7) is 1.24. The van der Waals surface area contributed by atoms with Crippen LogP contribution < -0.4 is 11.1 Å². The second kappa shape index (κ2) is 7.11. The third-order valence-electron chi connectivity index (χ3n) is 4.44. The lowest BCUT2D eigenvalue weighted by Crippen LogP contribution is -2.37. The summed E-state index contributed by atoms with van der Waals surface area (Å²) in [6, 6.07) is 7.07. The van der Waals surface area contributed by atoms with Gasteiger partial charge in [-0.3, -0.25) is 9.48 Å². The molecule has 1 aliphatic rings. The van der Waals surface area contributed by atoms with E-state index in [4.69, 9.17) is 10.5 Å². The highest BCUT2D eigenvalue weighted by Gasteiger charge is 2.32. The molecule has 1 aromatic heterocycles. The van der Waals surface area contributed by atoms with E-state index in [0.717, 1.165) is 12.1 Å². The van der Waals surface area contributed by atoms with Gasteiger partial charge in [0.2, 0.25) is 5.91 Å². The molecule has 3 N–H and O–H groups in total. The van der Waals surface area contributed by atoms with Crippen molar-refractivity contribution >= 4 is 5.91 Å². The number of hydrogen-bond acceptors (Lipinski definition) is 4. The first kappa shape index (κ1) is 16.6. The molecule has 24 heavy (non-hydrogen) atoms. The first-order valence-corrected chi connectivity index (χ1v) is 7.94. The maximum absolute atomic E-state index is 13.1. The first-order chi connectivity index (χ1) is 11.6.